The van der Waals surface area contributed by atoms with Crippen LogP contribution < -0.4 is 0 Å². The first-order valence-electron chi connectivity index (χ1n) is 8.76. The average molecular weight is 343 g/mol. The Morgan fingerprint density at radius 3 is 2.52 bits per heavy atom. The summed E-state index contributed by atoms with van der Waals surface area (Å²) < 4.78 is 0. The predicted octanol–water partition coefficient (Wildman–Crippen LogP) is 1.92. The molecule has 0 saturated carbocycles. The molecule has 0 bridgehead atoms. The number of aromatic amines is 1. The number of likely N-dealkylation sites (tertiary alicyclic amines) is 1. The highest BCUT2D eigenvalue weighted by molar-refractivity contribution is 5.94. The first-order valence-corrected chi connectivity index (χ1v) is 8.76. The molecule has 1 aliphatic rings. The van der Waals surface area contributed by atoms with E-state index in [0.29, 0.717) is 25.1 Å². The standard InChI is InChI=1S/C18H25N5O2/c1-18(2,25)10-7-13-3-5-15(6-4-13)17(24)23-11-8-14(9-12-23)16-19-21-22-20-16/h3-6,14,25H,7-12H2,1-2H3,(H,19,20,21,22). The van der Waals surface area contributed by atoms with Crippen LogP contribution in [0.3, 0.4) is 0 Å². The zero-order valence-electron chi connectivity index (χ0n) is 14.8. The Morgan fingerprint density at radius 1 is 1.28 bits per heavy atom. The molecule has 0 spiro atoms. The number of rotatable bonds is 5. The fraction of sp³-hybridized carbons (Fsp3) is 0.556. The van der Waals surface area contributed by atoms with Crippen molar-refractivity contribution in [1.29, 1.82) is 0 Å². The average Bonchev–Trinajstić information content (AvgIpc) is 3.14. The van der Waals surface area contributed by atoms with E-state index in [1.807, 2.05) is 43.0 Å². The number of amides is 1. The van der Waals surface area contributed by atoms with Gasteiger partial charge >= 0.3 is 0 Å². The van der Waals surface area contributed by atoms with Crippen molar-refractivity contribution < 1.29 is 9.90 Å². The summed E-state index contributed by atoms with van der Waals surface area (Å²) >= 11 is 0. The molecule has 3 rings (SSSR count). The first-order chi connectivity index (χ1) is 11.9. The van der Waals surface area contributed by atoms with E-state index >= 15 is 0 Å². The van der Waals surface area contributed by atoms with Crippen molar-refractivity contribution in [2.24, 2.45) is 0 Å². The summed E-state index contributed by atoms with van der Waals surface area (Å²) in [4.78, 5) is 14.5. The monoisotopic (exact) mass is 343 g/mol. The number of aromatic nitrogens is 4. The second-order valence-electron chi connectivity index (χ2n) is 7.35. The number of aliphatic hydroxyl groups is 1. The summed E-state index contributed by atoms with van der Waals surface area (Å²) in [6, 6.07) is 7.72. The van der Waals surface area contributed by atoms with E-state index in [0.717, 1.165) is 30.7 Å². The topological polar surface area (TPSA) is 95.0 Å². The number of piperidine rings is 1. The Kier molecular flexibility index (Phi) is 5.13. The van der Waals surface area contributed by atoms with Gasteiger partial charge < -0.3 is 10.0 Å². The van der Waals surface area contributed by atoms with Crippen LogP contribution in [-0.4, -0.2) is 55.2 Å². The van der Waals surface area contributed by atoms with Crippen LogP contribution in [-0.2, 0) is 6.42 Å². The van der Waals surface area contributed by atoms with Gasteiger partial charge in [0, 0.05) is 24.6 Å². The molecule has 1 amide bonds. The van der Waals surface area contributed by atoms with E-state index in [1.165, 1.54) is 0 Å². The van der Waals surface area contributed by atoms with E-state index in [4.69, 9.17) is 0 Å². The van der Waals surface area contributed by atoms with Crippen LogP contribution in [0.4, 0.5) is 0 Å². The summed E-state index contributed by atoms with van der Waals surface area (Å²) in [5.74, 6) is 1.08. The number of tetrazole rings is 1. The Morgan fingerprint density at radius 2 is 1.96 bits per heavy atom. The molecule has 25 heavy (non-hydrogen) atoms. The second-order valence-corrected chi connectivity index (χ2v) is 7.35. The third-order valence-corrected chi connectivity index (χ3v) is 4.74. The van der Waals surface area contributed by atoms with Crippen LogP contribution in [0.5, 0.6) is 0 Å². The Hall–Kier alpha value is -2.28. The number of aryl methyl sites for hydroxylation is 1. The van der Waals surface area contributed by atoms with Gasteiger partial charge in [0.1, 0.15) is 0 Å². The summed E-state index contributed by atoms with van der Waals surface area (Å²) in [7, 11) is 0. The highest BCUT2D eigenvalue weighted by Gasteiger charge is 2.26. The molecule has 1 fully saturated rings. The van der Waals surface area contributed by atoms with Gasteiger partial charge in [-0.1, -0.05) is 17.3 Å². The minimum absolute atomic E-state index is 0.0700. The smallest absolute Gasteiger partial charge is 0.253 e. The van der Waals surface area contributed by atoms with Crippen molar-refractivity contribution in [2.75, 3.05) is 13.1 Å². The molecule has 0 unspecified atom stereocenters. The number of carbonyl (C=O) groups is 1. The number of carbonyl (C=O) groups excluding carboxylic acids is 1. The number of H-pyrrole nitrogens is 1. The summed E-state index contributed by atoms with van der Waals surface area (Å²) in [6.07, 6.45) is 3.21. The molecule has 1 aliphatic heterocycles. The third kappa shape index (κ3) is 4.63. The number of nitrogens with zero attached hydrogens (tertiary/aromatic N) is 4. The van der Waals surface area contributed by atoms with Crippen LogP contribution in [0.25, 0.3) is 0 Å². The minimum atomic E-state index is -0.669. The Bertz CT molecular complexity index is 683. The largest absolute Gasteiger partial charge is 0.390 e. The van der Waals surface area contributed by atoms with Crippen molar-refractivity contribution >= 4 is 5.91 Å². The minimum Gasteiger partial charge on any atom is -0.390 e. The van der Waals surface area contributed by atoms with Gasteiger partial charge in [0.05, 0.1) is 5.60 Å². The number of hydrogen-bond acceptors (Lipinski definition) is 5. The van der Waals surface area contributed by atoms with Gasteiger partial charge in [-0.3, -0.25) is 4.79 Å². The highest BCUT2D eigenvalue weighted by atomic mass is 16.3. The first kappa shape index (κ1) is 17.5. The van der Waals surface area contributed by atoms with Gasteiger partial charge in [-0.05, 0) is 57.2 Å². The van der Waals surface area contributed by atoms with Crippen molar-refractivity contribution in [3.63, 3.8) is 0 Å². The second kappa shape index (κ2) is 7.31. The van der Waals surface area contributed by atoms with Crippen LogP contribution in [0, 0.1) is 0 Å². The summed E-state index contributed by atoms with van der Waals surface area (Å²) in [5, 5.41) is 24.0. The molecule has 0 atom stereocenters. The van der Waals surface area contributed by atoms with Crippen LogP contribution in [0.2, 0.25) is 0 Å². The maximum atomic E-state index is 12.7. The number of nitrogens with one attached hydrogen (secondary N) is 1. The molecule has 0 radical (unpaired) electrons. The molecular formula is C18H25N5O2. The lowest BCUT2D eigenvalue weighted by atomic mass is 9.95. The summed E-state index contributed by atoms with van der Waals surface area (Å²) in [6.45, 7) is 5.03. The van der Waals surface area contributed by atoms with Crippen LogP contribution in [0.15, 0.2) is 24.3 Å². The van der Waals surface area contributed by atoms with Crippen LogP contribution in [0.1, 0.15) is 60.8 Å². The molecule has 7 nitrogen and oxygen atoms in total. The van der Waals surface area contributed by atoms with Crippen molar-refractivity contribution in [1.82, 2.24) is 25.5 Å². The van der Waals surface area contributed by atoms with Gasteiger partial charge in [0.2, 0.25) is 0 Å². The number of hydrogen-bond donors (Lipinski definition) is 2. The zero-order valence-corrected chi connectivity index (χ0v) is 14.8. The molecule has 2 heterocycles. The van der Waals surface area contributed by atoms with Crippen molar-refractivity contribution in [3.05, 3.63) is 41.2 Å². The SMILES string of the molecule is CC(C)(O)CCc1ccc(C(=O)N2CCC(c3nn[nH]n3)CC2)cc1. The zero-order chi connectivity index (χ0) is 17.9. The van der Waals surface area contributed by atoms with Gasteiger partial charge in [-0.15, -0.1) is 10.2 Å². The molecule has 134 valence electrons. The quantitative estimate of drug-likeness (QED) is 0.865. The number of benzene rings is 1. The molecule has 0 aliphatic carbocycles. The van der Waals surface area contributed by atoms with Gasteiger partial charge in [-0.2, -0.15) is 5.21 Å². The van der Waals surface area contributed by atoms with Crippen molar-refractivity contribution in [3.8, 4) is 0 Å². The lowest BCUT2D eigenvalue weighted by Gasteiger charge is -2.30. The lowest BCUT2D eigenvalue weighted by molar-refractivity contribution is 0.0702. The highest BCUT2D eigenvalue weighted by Crippen LogP contribution is 2.25. The fourth-order valence-electron chi connectivity index (χ4n) is 3.13. The van der Waals surface area contributed by atoms with Gasteiger partial charge in [0.15, 0.2) is 5.82 Å². The molecule has 2 N–H and O–H groups in total. The molecule has 2 aromatic rings. The molecule has 1 saturated heterocycles. The molecule has 7 heteroatoms. The van der Waals surface area contributed by atoms with Crippen molar-refractivity contribution in [2.45, 2.75) is 51.0 Å². The fourth-order valence-corrected chi connectivity index (χ4v) is 3.13. The van der Waals surface area contributed by atoms with Gasteiger partial charge in [0.25, 0.3) is 5.91 Å². The van der Waals surface area contributed by atoms with E-state index in [2.05, 4.69) is 20.6 Å². The Balaban J connectivity index is 1.55. The van der Waals surface area contributed by atoms with E-state index in [1.54, 1.807) is 0 Å². The third-order valence-electron chi connectivity index (χ3n) is 4.74. The summed E-state index contributed by atoms with van der Waals surface area (Å²) in [5.41, 5.74) is 1.18. The molecular weight excluding hydrogens is 318 g/mol. The van der Waals surface area contributed by atoms with E-state index in [9.17, 15) is 9.90 Å². The normalized spacial score (nSPS) is 16.2. The van der Waals surface area contributed by atoms with E-state index in [-0.39, 0.29) is 11.8 Å². The van der Waals surface area contributed by atoms with Gasteiger partial charge in [-0.25, -0.2) is 0 Å². The van der Waals surface area contributed by atoms with Crippen LogP contribution >= 0.6 is 0 Å². The maximum absolute atomic E-state index is 12.7. The maximum Gasteiger partial charge on any atom is 0.253 e. The molecule has 1 aromatic heterocycles. The van der Waals surface area contributed by atoms with E-state index < -0.39 is 5.60 Å². The Labute approximate surface area is 147 Å². The lowest BCUT2D eigenvalue weighted by Crippen LogP contribution is -2.38. The molecule has 1 aromatic carbocycles. The predicted molar refractivity (Wildman–Crippen MR) is 93.1 cm³/mol.